The molecule has 0 aromatic rings. The van der Waals surface area contributed by atoms with Crippen molar-refractivity contribution in [1.82, 2.24) is 0 Å². The van der Waals surface area contributed by atoms with E-state index in [1.165, 1.54) is 0 Å². The summed E-state index contributed by atoms with van der Waals surface area (Å²) in [5, 5.41) is 0. The second-order valence-corrected chi connectivity index (χ2v) is 1.41. The van der Waals surface area contributed by atoms with Crippen LogP contribution in [-0.4, -0.2) is 12.6 Å². The van der Waals surface area contributed by atoms with Gasteiger partial charge in [0, 0.05) is 58.6 Å². The minimum absolute atomic E-state index is 0. The molecule has 53 valence electrons. The molecular weight excluding hydrogens is 258 g/mol. The Morgan fingerprint density at radius 1 is 1.60 bits per heavy atom. The van der Waals surface area contributed by atoms with E-state index in [1.54, 1.807) is 6.92 Å². The van der Waals surface area contributed by atoms with Crippen molar-refractivity contribution < 1.29 is 61.7 Å². The predicted octanol–water partition coefficient (Wildman–Crippen LogP) is 1.16. The Labute approximate surface area is 100 Å². The molecule has 0 aromatic carbocycles. The van der Waals surface area contributed by atoms with Crippen LogP contribution in [-0.2, 0) is 61.7 Å². The molecule has 0 saturated heterocycles. The van der Waals surface area contributed by atoms with E-state index < -0.39 is 0 Å². The molecule has 0 amide bonds. The fourth-order valence-electron chi connectivity index (χ4n) is 0.377. The van der Waals surface area contributed by atoms with E-state index in [4.69, 9.17) is 0 Å². The summed E-state index contributed by atoms with van der Waals surface area (Å²) in [5.41, 5.74) is 0. The van der Waals surface area contributed by atoms with Crippen molar-refractivity contribution >= 4 is 5.97 Å². The van der Waals surface area contributed by atoms with Crippen LogP contribution >= 0.6 is 0 Å². The Balaban J connectivity index is -0.000000245. The topological polar surface area (TPSA) is 26.3 Å². The van der Waals surface area contributed by atoms with Gasteiger partial charge in [0.1, 0.15) is 0 Å². The Morgan fingerprint density at radius 3 is 2.40 bits per heavy atom. The van der Waals surface area contributed by atoms with Crippen LogP contribution in [0.5, 0.6) is 0 Å². The first kappa shape index (κ1) is 17.3. The summed E-state index contributed by atoms with van der Waals surface area (Å²) in [6, 6.07) is 0. The Hall–Kier alpha value is 1.20. The third-order valence-corrected chi connectivity index (χ3v) is 0.686. The van der Waals surface area contributed by atoms with Crippen molar-refractivity contribution in [3.8, 4) is 0 Å². The van der Waals surface area contributed by atoms with Gasteiger partial charge in [-0.25, -0.2) is 0 Å². The van der Waals surface area contributed by atoms with Gasteiger partial charge in [-0.05, 0) is 6.92 Å². The zero-order valence-electron chi connectivity index (χ0n) is 6.43. The van der Waals surface area contributed by atoms with Crippen molar-refractivity contribution in [2.45, 2.75) is 19.8 Å². The number of esters is 1. The van der Waals surface area contributed by atoms with Crippen LogP contribution in [0.1, 0.15) is 19.8 Å². The Bertz CT molecular complexity index is 70.1. The second-order valence-electron chi connectivity index (χ2n) is 1.41. The number of carbonyl (C=O) groups excluding carboxylic acids is 1. The Kier molecular flexibility index (Phi) is 22.2. The van der Waals surface area contributed by atoms with Crippen LogP contribution in [0.25, 0.3) is 0 Å². The Morgan fingerprint density at radius 2 is 2.10 bits per heavy atom. The normalized spacial score (nSPS) is 7.00. The standard InChI is InChI=1S/C6H11O2.Y.Zn/c1-3-5-6(7)8-4-2;;/h1,3-5H2,2H3;;/q-1;;. The number of rotatable bonds is 3. The van der Waals surface area contributed by atoms with Gasteiger partial charge in [-0.15, -0.1) is 0 Å². The first-order valence-corrected chi connectivity index (χ1v) is 2.76. The molecule has 0 spiro atoms. The summed E-state index contributed by atoms with van der Waals surface area (Å²) in [7, 11) is 0. The molecule has 0 fully saturated rings. The molecule has 0 aliphatic heterocycles. The predicted molar refractivity (Wildman–Crippen MR) is 31.2 cm³/mol. The molecule has 0 saturated carbocycles. The van der Waals surface area contributed by atoms with Crippen LogP contribution in [0.3, 0.4) is 0 Å². The van der Waals surface area contributed by atoms with Crippen molar-refractivity contribution in [3.05, 3.63) is 6.92 Å². The van der Waals surface area contributed by atoms with E-state index in [0.717, 1.165) is 0 Å². The minimum atomic E-state index is -0.150. The molecule has 0 heterocycles. The minimum Gasteiger partial charge on any atom is -0.466 e. The van der Waals surface area contributed by atoms with Crippen LogP contribution in [0.4, 0.5) is 0 Å². The molecule has 0 rings (SSSR count). The molecule has 1 radical (unpaired) electrons. The molecule has 0 unspecified atom stereocenters. The molecule has 2 nitrogen and oxygen atoms in total. The van der Waals surface area contributed by atoms with Gasteiger partial charge in [-0.2, -0.15) is 6.42 Å². The largest absolute Gasteiger partial charge is 0.466 e. The summed E-state index contributed by atoms with van der Waals surface area (Å²) < 4.78 is 4.60. The molecule has 0 atom stereocenters. The zero-order chi connectivity index (χ0) is 6.41. The van der Waals surface area contributed by atoms with Gasteiger partial charge in [-0.3, -0.25) is 4.79 Å². The second kappa shape index (κ2) is 12.8. The van der Waals surface area contributed by atoms with Gasteiger partial charge < -0.3 is 11.7 Å². The van der Waals surface area contributed by atoms with Crippen molar-refractivity contribution in [3.63, 3.8) is 0 Å². The van der Waals surface area contributed by atoms with Crippen molar-refractivity contribution in [1.29, 1.82) is 0 Å². The molecule has 0 aliphatic rings. The maximum atomic E-state index is 10.4. The monoisotopic (exact) mass is 268 g/mol. The third-order valence-electron chi connectivity index (χ3n) is 0.686. The number of ether oxygens (including phenoxy) is 1. The molecule has 0 bridgehead atoms. The zero-order valence-corrected chi connectivity index (χ0v) is 12.2. The van der Waals surface area contributed by atoms with Gasteiger partial charge >= 0.3 is 5.97 Å². The average molecular weight is 269 g/mol. The van der Waals surface area contributed by atoms with Crippen LogP contribution < -0.4 is 0 Å². The maximum Gasteiger partial charge on any atom is 0.303 e. The molecule has 4 heteroatoms. The molecule has 0 N–H and O–H groups in total. The van der Waals surface area contributed by atoms with E-state index in [-0.39, 0.29) is 58.2 Å². The maximum absolute atomic E-state index is 10.4. The first-order valence-electron chi connectivity index (χ1n) is 2.76. The van der Waals surface area contributed by atoms with Crippen molar-refractivity contribution in [2.24, 2.45) is 0 Å². The van der Waals surface area contributed by atoms with Crippen LogP contribution in [0.2, 0.25) is 0 Å². The van der Waals surface area contributed by atoms with Gasteiger partial charge in [0.05, 0.1) is 6.61 Å². The van der Waals surface area contributed by atoms with Gasteiger partial charge in [-0.1, -0.05) is 0 Å². The first-order chi connectivity index (χ1) is 3.81. The van der Waals surface area contributed by atoms with E-state index in [9.17, 15) is 4.79 Å². The van der Waals surface area contributed by atoms with Crippen LogP contribution in [0.15, 0.2) is 0 Å². The van der Waals surface area contributed by atoms with Gasteiger partial charge in [0.25, 0.3) is 0 Å². The smallest absolute Gasteiger partial charge is 0.303 e. The van der Waals surface area contributed by atoms with Crippen LogP contribution in [0, 0.1) is 6.92 Å². The number of hydrogen-bond acceptors (Lipinski definition) is 2. The average Bonchev–Trinajstić information content (AvgIpc) is 1.68. The summed E-state index contributed by atoms with van der Waals surface area (Å²) in [5.74, 6) is -0.150. The summed E-state index contributed by atoms with van der Waals surface area (Å²) in [4.78, 5) is 10.4. The van der Waals surface area contributed by atoms with Gasteiger partial charge in [0.15, 0.2) is 0 Å². The SMILES string of the molecule is [CH2-]CCC(=O)OCC.[Y].[Zn]. The van der Waals surface area contributed by atoms with Gasteiger partial charge in [0.2, 0.25) is 0 Å². The molecule has 0 aromatic heterocycles. The molecule has 10 heavy (non-hydrogen) atoms. The third kappa shape index (κ3) is 11.9. The molecule has 0 aliphatic carbocycles. The van der Waals surface area contributed by atoms with E-state index >= 15 is 0 Å². The summed E-state index contributed by atoms with van der Waals surface area (Å²) in [6.07, 6.45) is 1.06. The number of carbonyl (C=O) groups is 1. The summed E-state index contributed by atoms with van der Waals surface area (Å²) in [6.45, 7) is 5.77. The fourth-order valence-corrected chi connectivity index (χ4v) is 0.377. The van der Waals surface area contributed by atoms with E-state index in [2.05, 4.69) is 11.7 Å². The quantitative estimate of drug-likeness (QED) is 0.437. The molecular formula is C6H11O2YZn-. The van der Waals surface area contributed by atoms with E-state index in [0.29, 0.717) is 19.4 Å². The summed E-state index contributed by atoms with van der Waals surface area (Å²) >= 11 is 0. The van der Waals surface area contributed by atoms with E-state index in [1.807, 2.05) is 0 Å². The number of hydrogen-bond donors (Lipinski definition) is 0. The fraction of sp³-hybridized carbons (Fsp3) is 0.667. The van der Waals surface area contributed by atoms with Crippen molar-refractivity contribution in [2.75, 3.05) is 6.61 Å².